The van der Waals surface area contributed by atoms with E-state index in [0.717, 1.165) is 33.6 Å². The van der Waals surface area contributed by atoms with Crippen molar-refractivity contribution < 1.29 is 29.0 Å². The van der Waals surface area contributed by atoms with Gasteiger partial charge >= 0.3 is 5.97 Å². The van der Waals surface area contributed by atoms with Crippen molar-refractivity contribution in [2.45, 2.75) is 13.8 Å². The third kappa shape index (κ3) is 6.76. The SMILES string of the molecule is COc1ccc(C(=O)Oc2ccc(C(=O)N(C)c3ccc(-c4ccc(N(C)C(=O)c5ccc(O)cc5)c(C)c4)cc3C)cc2)cc1. The van der Waals surface area contributed by atoms with Crippen molar-refractivity contribution in [2.75, 3.05) is 31.0 Å². The quantitative estimate of drug-likeness (QED) is 0.144. The van der Waals surface area contributed by atoms with Crippen LogP contribution in [0.1, 0.15) is 42.2 Å². The number of amides is 2. The Kier molecular flexibility index (Phi) is 9.18. The number of anilines is 2. The third-order valence-corrected chi connectivity index (χ3v) is 7.81. The number of ether oxygens (including phenoxy) is 2. The summed E-state index contributed by atoms with van der Waals surface area (Å²) >= 11 is 0. The fraction of sp³-hybridized carbons (Fsp3) is 0.132. The molecule has 46 heavy (non-hydrogen) atoms. The molecule has 8 nitrogen and oxygen atoms in total. The van der Waals surface area contributed by atoms with Gasteiger partial charge in [-0.25, -0.2) is 4.79 Å². The average molecular weight is 615 g/mol. The number of hydrogen-bond donors (Lipinski definition) is 1. The lowest BCUT2D eigenvalue weighted by Gasteiger charge is -2.22. The van der Waals surface area contributed by atoms with Gasteiger partial charge in [0.25, 0.3) is 11.8 Å². The summed E-state index contributed by atoms with van der Waals surface area (Å²) in [5.41, 5.74) is 6.67. The highest BCUT2D eigenvalue weighted by Gasteiger charge is 2.18. The van der Waals surface area contributed by atoms with Crippen molar-refractivity contribution in [1.29, 1.82) is 0 Å². The molecule has 5 aromatic carbocycles. The van der Waals surface area contributed by atoms with Crippen LogP contribution >= 0.6 is 0 Å². The molecule has 232 valence electrons. The number of hydrogen-bond acceptors (Lipinski definition) is 6. The zero-order valence-corrected chi connectivity index (χ0v) is 26.3. The Bertz CT molecular complexity index is 1900. The third-order valence-electron chi connectivity index (χ3n) is 7.81. The van der Waals surface area contributed by atoms with Gasteiger partial charge in [-0.15, -0.1) is 0 Å². The Morgan fingerprint density at radius 3 is 1.41 bits per heavy atom. The summed E-state index contributed by atoms with van der Waals surface area (Å²) in [5.74, 6) is 0.199. The molecule has 0 radical (unpaired) electrons. The maximum Gasteiger partial charge on any atom is 0.343 e. The van der Waals surface area contributed by atoms with Crippen LogP contribution in [0.25, 0.3) is 11.1 Å². The summed E-state index contributed by atoms with van der Waals surface area (Å²) in [4.78, 5) is 42.0. The van der Waals surface area contributed by atoms with Gasteiger partial charge < -0.3 is 24.4 Å². The minimum Gasteiger partial charge on any atom is -0.508 e. The molecule has 5 rings (SSSR count). The summed E-state index contributed by atoms with van der Waals surface area (Å²) < 4.78 is 10.6. The van der Waals surface area contributed by atoms with Crippen LogP contribution < -0.4 is 19.3 Å². The van der Waals surface area contributed by atoms with Crippen molar-refractivity contribution in [3.8, 4) is 28.4 Å². The van der Waals surface area contributed by atoms with E-state index in [4.69, 9.17) is 9.47 Å². The highest BCUT2D eigenvalue weighted by molar-refractivity contribution is 6.07. The Morgan fingerprint density at radius 2 is 0.978 bits per heavy atom. The number of nitrogens with zero attached hydrogens (tertiary/aromatic N) is 2. The van der Waals surface area contributed by atoms with Crippen LogP contribution in [0.5, 0.6) is 17.2 Å². The summed E-state index contributed by atoms with van der Waals surface area (Å²) in [6, 6.07) is 31.1. The van der Waals surface area contributed by atoms with Crippen molar-refractivity contribution in [1.82, 2.24) is 0 Å². The van der Waals surface area contributed by atoms with E-state index in [-0.39, 0.29) is 17.6 Å². The number of aromatic hydroxyl groups is 1. The standard InChI is InChI=1S/C38H34N2O6/c1-24-22-29(12-20-34(24)39(3)36(42)26-6-14-31(41)15-7-26)30-13-21-35(25(2)23-30)40(4)37(43)27-8-18-33(19-9-27)46-38(44)28-10-16-32(45-5)17-11-28/h6-23,41H,1-5H3. The van der Waals surface area contributed by atoms with Gasteiger partial charge in [0.1, 0.15) is 17.2 Å². The highest BCUT2D eigenvalue weighted by atomic mass is 16.5. The molecule has 0 heterocycles. The molecule has 0 bridgehead atoms. The molecular formula is C38H34N2O6. The molecular weight excluding hydrogens is 580 g/mol. The lowest BCUT2D eigenvalue weighted by Crippen LogP contribution is -2.27. The Morgan fingerprint density at radius 1 is 0.565 bits per heavy atom. The maximum atomic E-state index is 13.3. The monoisotopic (exact) mass is 614 g/mol. The van der Waals surface area contributed by atoms with Crippen molar-refractivity contribution in [3.05, 3.63) is 137 Å². The number of carbonyl (C=O) groups excluding carboxylic acids is 3. The van der Waals surface area contributed by atoms with Crippen molar-refractivity contribution in [2.24, 2.45) is 0 Å². The molecule has 0 unspecified atom stereocenters. The number of aryl methyl sites for hydroxylation is 2. The van der Waals surface area contributed by atoms with E-state index in [1.807, 2.05) is 50.2 Å². The predicted molar refractivity (Wildman–Crippen MR) is 179 cm³/mol. The smallest absolute Gasteiger partial charge is 0.343 e. The van der Waals surface area contributed by atoms with Gasteiger partial charge in [-0.2, -0.15) is 0 Å². The van der Waals surface area contributed by atoms with Gasteiger partial charge in [0, 0.05) is 36.6 Å². The second-order valence-electron chi connectivity index (χ2n) is 10.9. The van der Waals surface area contributed by atoms with E-state index in [2.05, 4.69) is 0 Å². The molecule has 0 fully saturated rings. The number of phenolic OH excluding ortho intramolecular Hbond substituents is 1. The number of carbonyl (C=O) groups is 3. The molecule has 0 aromatic heterocycles. The van der Waals surface area contributed by atoms with Crippen LogP contribution in [0.3, 0.4) is 0 Å². The molecule has 5 aromatic rings. The van der Waals surface area contributed by atoms with Crippen LogP contribution in [-0.2, 0) is 0 Å². The summed E-state index contributed by atoms with van der Waals surface area (Å²) in [5, 5.41) is 9.54. The first kappa shape index (κ1) is 31.5. The first-order valence-electron chi connectivity index (χ1n) is 14.6. The number of rotatable bonds is 8. The lowest BCUT2D eigenvalue weighted by molar-refractivity contribution is 0.0734. The molecule has 0 spiro atoms. The van der Waals surface area contributed by atoms with E-state index in [1.54, 1.807) is 91.7 Å². The Balaban J connectivity index is 1.26. The molecule has 0 saturated carbocycles. The van der Waals surface area contributed by atoms with Gasteiger partial charge in [0.2, 0.25) is 0 Å². The van der Waals surface area contributed by atoms with Gasteiger partial charge in [0.15, 0.2) is 0 Å². The van der Waals surface area contributed by atoms with E-state index in [1.165, 1.54) is 12.1 Å². The topological polar surface area (TPSA) is 96.4 Å². The minimum absolute atomic E-state index is 0.108. The highest BCUT2D eigenvalue weighted by Crippen LogP contribution is 2.31. The van der Waals surface area contributed by atoms with Gasteiger partial charge in [-0.3, -0.25) is 9.59 Å². The van der Waals surface area contributed by atoms with Crippen LogP contribution in [0.4, 0.5) is 11.4 Å². The van der Waals surface area contributed by atoms with Gasteiger partial charge in [-0.1, -0.05) is 12.1 Å². The number of methoxy groups -OCH3 is 1. The lowest BCUT2D eigenvalue weighted by atomic mass is 9.99. The second kappa shape index (κ2) is 13.4. The second-order valence-corrected chi connectivity index (χ2v) is 10.9. The molecule has 0 aliphatic rings. The fourth-order valence-corrected chi connectivity index (χ4v) is 5.19. The van der Waals surface area contributed by atoms with Crippen LogP contribution in [0.2, 0.25) is 0 Å². The number of benzene rings is 5. The molecule has 0 aliphatic carbocycles. The first-order valence-corrected chi connectivity index (χ1v) is 14.6. The van der Waals surface area contributed by atoms with E-state index in [0.29, 0.717) is 28.2 Å². The summed E-state index contributed by atoms with van der Waals surface area (Å²) in [6.45, 7) is 3.91. The van der Waals surface area contributed by atoms with Crippen LogP contribution in [-0.4, -0.2) is 44.1 Å². The molecule has 0 saturated heterocycles. The minimum atomic E-state index is -0.506. The zero-order valence-electron chi connectivity index (χ0n) is 26.3. The maximum absolute atomic E-state index is 13.3. The Hall–Kier alpha value is -5.89. The van der Waals surface area contributed by atoms with Gasteiger partial charge in [-0.05, 0) is 133 Å². The van der Waals surface area contributed by atoms with E-state index in [9.17, 15) is 19.5 Å². The largest absolute Gasteiger partial charge is 0.508 e. The van der Waals surface area contributed by atoms with Gasteiger partial charge in [0.05, 0.1) is 12.7 Å². The predicted octanol–water partition coefficient (Wildman–Crippen LogP) is 7.46. The van der Waals surface area contributed by atoms with Crippen molar-refractivity contribution >= 4 is 29.2 Å². The van der Waals surface area contributed by atoms with E-state index >= 15 is 0 Å². The first-order chi connectivity index (χ1) is 22.0. The summed E-state index contributed by atoms with van der Waals surface area (Å²) in [7, 11) is 5.01. The fourth-order valence-electron chi connectivity index (χ4n) is 5.19. The van der Waals surface area contributed by atoms with E-state index < -0.39 is 5.97 Å². The normalized spacial score (nSPS) is 10.6. The Labute approximate surface area is 268 Å². The zero-order chi connectivity index (χ0) is 33.0. The molecule has 1 N–H and O–H groups in total. The average Bonchev–Trinajstić information content (AvgIpc) is 3.07. The van der Waals surface area contributed by atoms with Crippen LogP contribution in [0.15, 0.2) is 109 Å². The summed E-state index contributed by atoms with van der Waals surface area (Å²) in [6.07, 6.45) is 0. The number of phenols is 1. The van der Waals surface area contributed by atoms with Crippen molar-refractivity contribution in [3.63, 3.8) is 0 Å². The molecule has 2 amide bonds. The molecule has 8 heteroatoms. The molecule has 0 atom stereocenters. The number of esters is 1. The molecule has 0 aliphatic heterocycles. The van der Waals surface area contributed by atoms with Crippen LogP contribution in [0, 0.1) is 13.8 Å².